The highest BCUT2D eigenvalue weighted by Gasteiger charge is 2.53. The van der Waals surface area contributed by atoms with Gasteiger partial charge in [0.15, 0.2) is 0 Å². The molecule has 35 heavy (non-hydrogen) atoms. The average molecular weight is 490 g/mol. The zero-order valence-corrected chi connectivity index (χ0v) is 22.5. The molecule has 6 heteroatoms. The molecule has 0 amide bonds. The first-order valence-electron chi connectivity index (χ1n) is 14.1. The molecular formula is C29H47NO5. The molecule has 0 aromatic rings. The molecule has 3 fully saturated rings. The maximum absolute atomic E-state index is 13.0. The molecule has 0 spiro atoms. The van der Waals surface area contributed by atoms with Crippen molar-refractivity contribution in [3.63, 3.8) is 0 Å². The minimum absolute atomic E-state index is 0.0429. The number of esters is 2. The topological polar surface area (TPSA) is 76.1 Å². The van der Waals surface area contributed by atoms with Gasteiger partial charge in [0, 0.05) is 32.4 Å². The highest BCUT2D eigenvalue weighted by Crippen LogP contribution is 2.51. The summed E-state index contributed by atoms with van der Waals surface area (Å²) in [7, 11) is 0. The van der Waals surface area contributed by atoms with Crippen molar-refractivity contribution >= 4 is 11.9 Å². The maximum Gasteiger partial charge on any atom is 0.323 e. The van der Waals surface area contributed by atoms with Crippen LogP contribution in [-0.4, -0.2) is 59.4 Å². The number of nitrogens with zero attached hydrogens (tertiary/aromatic N) is 1. The molecule has 0 aromatic heterocycles. The van der Waals surface area contributed by atoms with Crippen LogP contribution in [0, 0.1) is 35.5 Å². The van der Waals surface area contributed by atoms with Crippen molar-refractivity contribution in [1.82, 2.24) is 4.90 Å². The van der Waals surface area contributed by atoms with E-state index in [2.05, 4.69) is 24.8 Å². The Bertz CT molecular complexity index is 811. The Morgan fingerprint density at radius 3 is 2.60 bits per heavy atom. The normalized spacial score (nSPS) is 40.6. The largest absolute Gasteiger partial charge is 0.465 e. The summed E-state index contributed by atoms with van der Waals surface area (Å²) >= 11 is 0. The van der Waals surface area contributed by atoms with Gasteiger partial charge in [-0.25, -0.2) is 0 Å². The van der Waals surface area contributed by atoms with Crippen LogP contribution in [0.15, 0.2) is 11.6 Å². The van der Waals surface area contributed by atoms with Crippen molar-refractivity contribution in [2.24, 2.45) is 35.5 Å². The predicted octanol–water partition coefficient (Wildman–Crippen LogP) is 4.74. The van der Waals surface area contributed by atoms with E-state index in [1.807, 2.05) is 13.8 Å². The Kier molecular flexibility index (Phi) is 8.32. The molecule has 1 saturated heterocycles. The van der Waals surface area contributed by atoms with Gasteiger partial charge in [0.2, 0.25) is 0 Å². The summed E-state index contributed by atoms with van der Waals surface area (Å²) in [5.41, 5.74) is 0.182. The third kappa shape index (κ3) is 5.49. The first-order valence-corrected chi connectivity index (χ1v) is 14.1. The van der Waals surface area contributed by atoms with E-state index in [1.54, 1.807) is 0 Å². The molecule has 3 aliphatic carbocycles. The second kappa shape index (κ2) is 10.9. The Labute approximate surface area is 211 Å². The molecular weight excluding hydrogens is 442 g/mol. The van der Waals surface area contributed by atoms with Crippen LogP contribution in [0.2, 0.25) is 0 Å². The number of carbonyl (C=O) groups is 2. The number of fused-ring (bicyclic) bond motifs is 2. The highest BCUT2D eigenvalue weighted by atomic mass is 16.5. The predicted molar refractivity (Wildman–Crippen MR) is 135 cm³/mol. The number of hydrogen-bond donors (Lipinski definition) is 1. The number of ether oxygens (including phenoxy) is 2. The highest BCUT2D eigenvalue weighted by molar-refractivity contribution is 5.76. The standard InChI is InChI=1S/C29H47NO5/c1-6-34-28(32)26-14-22-9-7-8-10-23(22)17-30(26)16-19(3)24-12-11-20(4)29(33)15-27(35-21(5)31)18(2)13-25(24)29/h13,19-20,22-27,33H,6-12,14-17H2,1-5H3/t19-,20-,22?,23?,24+,25-,26?,27-,29-/m1/s1. The van der Waals surface area contributed by atoms with E-state index in [-0.39, 0.29) is 35.9 Å². The minimum Gasteiger partial charge on any atom is -0.465 e. The molecule has 0 aromatic carbocycles. The Morgan fingerprint density at radius 2 is 1.91 bits per heavy atom. The molecule has 9 atom stereocenters. The van der Waals surface area contributed by atoms with Crippen LogP contribution in [0.25, 0.3) is 0 Å². The lowest BCUT2D eigenvalue weighted by Crippen LogP contribution is -2.57. The lowest BCUT2D eigenvalue weighted by atomic mass is 9.56. The average Bonchev–Trinajstić information content (AvgIpc) is 2.80. The maximum atomic E-state index is 13.0. The zero-order chi connectivity index (χ0) is 25.3. The van der Waals surface area contributed by atoms with Crippen LogP contribution < -0.4 is 0 Å². The fraction of sp³-hybridized carbons (Fsp3) is 0.862. The SMILES string of the molecule is CCOC(=O)C1CC2CCCCC2CN1C[C@@H](C)[C@@H]1CC[C@@H](C)[C@]2(O)C[C@@H](OC(C)=O)C(C)=C[C@H]12. The molecule has 4 rings (SSSR count). The van der Waals surface area contributed by atoms with Crippen molar-refractivity contribution in [1.29, 1.82) is 0 Å². The van der Waals surface area contributed by atoms with Crippen LogP contribution in [0.3, 0.4) is 0 Å². The Hall–Kier alpha value is -1.40. The smallest absolute Gasteiger partial charge is 0.323 e. The van der Waals surface area contributed by atoms with Gasteiger partial charge >= 0.3 is 11.9 Å². The summed E-state index contributed by atoms with van der Waals surface area (Å²) in [6.07, 6.45) is 10.4. The summed E-state index contributed by atoms with van der Waals surface area (Å²) in [5, 5.41) is 11.9. The number of carbonyl (C=O) groups excluding carboxylic acids is 2. The molecule has 4 aliphatic rings. The molecule has 0 bridgehead atoms. The van der Waals surface area contributed by atoms with Gasteiger partial charge in [-0.15, -0.1) is 0 Å². The van der Waals surface area contributed by atoms with Gasteiger partial charge in [-0.1, -0.05) is 39.2 Å². The van der Waals surface area contributed by atoms with Crippen molar-refractivity contribution in [2.75, 3.05) is 19.7 Å². The van der Waals surface area contributed by atoms with Crippen LogP contribution in [0.5, 0.6) is 0 Å². The second-order valence-electron chi connectivity index (χ2n) is 12.1. The van der Waals surface area contributed by atoms with Crippen LogP contribution in [-0.2, 0) is 19.1 Å². The van der Waals surface area contributed by atoms with E-state index in [1.165, 1.54) is 32.6 Å². The lowest BCUT2D eigenvalue weighted by Gasteiger charge is -2.54. The van der Waals surface area contributed by atoms with Gasteiger partial charge in [0.05, 0.1) is 12.2 Å². The van der Waals surface area contributed by atoms with E-state index in [4.69, 9.17) is 9.47 Å². The van der Waals surface area contributed by atoms with Gasteiger partial charge in [0.1, 0.15) is 12.1 Å². The molecule has 2 saturated carbocycles. The molecule has 198 valence electrons. The number of likely N-dealkylation sites (tertiary alicyclic amines) is 1. The van der Waals surface area contributed by atoms with E-state index < -0.39 is 5.60 Å². The Balaban J connectivity index is 1.53. The van der Waals surface area contributed by atoms with E-state index >= 15 is 0 Å². The van der Waals surface area contributed by atoms with Crippen molar-refractivity contribution in [2.45, 2.75) is 104 Å². The summed E-state index contributed by atoms with van der Waals surface area (Å²) in [4.78, 5) is 27.1. The van der Waals surface area contributed by atoms with E-state index in [9.17, 15) is 14.7 Å². The zero-order valence-electron chi connectivity index (χ0n) is 22.5. The second-order valence-corrected chi connectivity index (χ2v) is 12.1. The Morgan fingerprint density at radius 1 is 1.20 bits per heavy atom. The van der Waals surface area contributed by atoms with Crippen molar-refractivity contribution in [3.8, 4) is 0 Å². The third-order valence-electron chi connectivity index (χ3n) is 9.91. The van der Waals surface area contributed by atoms with Gasteiger partial charge in [-0.2, -0.15) is 0 Å². The minimum atomic E-state index is -0.867. The first kappa shape index (κ1) is 26.7. The quantitative estimate of drug-likeness (QED) is 0.429. The molecule has 0 radical (unpaired) electrons. The summed E-state index contributed by atoms with van der Waals surface area (Å²) in [5.74, 6) is 1.84. The summed E-state index contributed by atoms with van der Waals surface area (Å²) in [6, 6.07) is -0.143. The van der Waals surface area contributed by atoms with Gasteiger partial charge in [-0.05, 0) is 74.7 Å². The number of hydrogen-bond acceptors (Lipinski definition) is 6. The van der Waals surface area contributed by atoms with Gasteiger partial charge in [-0.3, -0.25) is 14.5 Å². The van der Waals surface area contributed by atoms with Gasteiger partial charge < -0.3 is 14.6 Å². The van der Waals surface area contributed by atoms with Crippen LogP contribution in [0.1, 0.15) is 86.0 Å². The van der Waals surface area contributed by atoms with Crippen LogP contribution >= 0.6 is 0 Å². The number of rotatable bonds is 6. The summed E-state index contributed by atoms with van der Waals surface area (Å²) < 4.78 is 11.1. The fourth-order valence-corrected chi connectivity index (χ4v) is 7.89. The van der Waals surface area contributed by atoms with E-state index in [0.29, 0.717) is 36.7 Å². The number of piperidine rings is 1. The van der Waals surface area contributed by atoms with Crippen LogP contribution in [0.4, 0.5) is 0 Å². The molecule has 1 aliphatic heterocycles. The molecule has 1 heterocycles. The molecule has 3 unspecified atom stereocenters. The fourth-order valence-electron chi connectivity index (χ4n) is 7.89. The first-order chi connectivity index (χ1) is 16.6. The van der Waals surface area contributed by atoms with Gasteiger partial charge in [0.25, 0.3) is 0 Å². The lowest BCUT2D eigenvalue weighted by molar-refractivity contribution is -0.161. The molecule has 6 nitrogen and oxygen atoms in total. The van der Waals surface area contributed by atoms with Crippen molar-refractivity contribution < 1.29 is 24.2 Å². The third-order valence-corrected chi connectivity index (χ3v) is 9.91. The molecule has 1 N–H and O–H groups in total. The monoisotopic (exact) mass is 489 g/mol. The number of aliphatic hydroxyl groups is 1. The van der Waals surface area contributed by atoms with Crippen molar-refractivity contribution in [3.05, 3.63) is 11.6 Å². The van der Waals surface area contributed by atoms with E-state index in [0.717, 1.165) is 37.9 Å². The summed E-state index contributed by atoms with van der Waals surface area (Å²) in [6.45, 7) is 12.1.